The van der Waals surface area contributed by atoms with Gasteiger partial charge in [0.2, 0.25) is 0 Å². The number of aliphatic hydroxyl groups is 1. The molecule has 3 heteroatoms. The number of hydrogen-bond acceptors (Lipinski definition) is 3. The number of aliphatic hydroxyl groups excluding tert-OH is 1. The molecule has 128 valence electrons. The zero-order valence-corrected chi connectivity index (χ0v) is 14.2. The molecule has 1 N–H and O–H groups in total. The molecule has 0 aromatic heterocycles. The molecule has 0 bridgehead atoms. The molecular formula is C21H26O3. The van der Waals surface area contributed by atoms with Gasteiger partial charge in [-0.05, 0) is 24.1 Å². The number of rotatable bonds is 7. The maximum absolute atomic E-state index is 11.1. The van der Waals surface area contributed by atoms with Crippen molar-refractivity contribution in [1.82, 2.24) is 0 Å². The minimum Gasteiger partial charge on any atom is -0.458 e. The molecule has 1 atom stereocenters. The smallest absolute Gasteiger partial charge is 0.338 e. The molecule has 1 unspecified atom stereocenters. The lowest BCUT2D eigenvalue weighted by atomic mass is 10.0. The van der Waals surface area contributed by atoms with Crippen LogP contribution in [0.4, 0.5) is 0 Å². The number of carbonyl (C=O) groups is 1. The van der Waals surface area contributed by atoms with Crippen molar-refractivity contribution in [3.05, 3.63) is 84.4 Å². The highest BCUT2D eigenvalue weighted by Gasteiger charge is 2.04. The zero-order chi connectivity index (χ0) is 17.6. The lowest BCUT2D eigenvalue weighted by molar-refractivity contribution is 0.0549. The first-order valence-corrected chi connectivity index (χ1v) is 8.25. The normalized spacial score (nSPS) is 10.9. The van der Waals surface area contributed by atoms with Crippen molar-refractivity contribution < 1.29 is 14.6 Å². The van der Waals surface area contributed by atoms with Crippen molar-refractivity contribution in [2.45, 2.75) is 32.3 Å². The Morgan fingerprint density at radius 1 is 1.12 bits per heavy atom. The van der Waals surface area contributed by atoms with Crippen LogP contribution in [0.25, 0.3) is 0 Å². The summed E-state index contributed by atoms with van der Waals surface area (Å²) < 4.78 is 4.82. The van der Waals surface area contributed by atoms with Crippen LogP contribution >= 0.6 is 0 Å². The Morgan fingerprint density at radius 2 is 1.71 bits per heavy atom. The Labute approximate surface area is 144 Å². The van der Waals surface area contributed by atoms with Gasteiger partial charge in [-0.25, -0.2) is 4.79 Å². The molecule has 0 spiro atoms. The molecule has 0 amide bonds. The van der Waals surface area contributed by atoms with Crippen LogP contribution in [-0.2, 0) is 4.74 Å². The lowest BCUT2D eigenvalue weighted by Gasteiger charge is -2.09. The van der Waals surface area contributed by atoms with E-state index >= 15 is 0 Å². The van der Waals surface area contributed by atoms with Crippen molar-refractivity contribution in [1.29, 1.82) is 0 Å². The van der Waals surface area contributed by atoms with Crippen LogP contribution in [0.3, 0.4) is 0 Å². The van der Waals surface area contributed by atoms with Gasteiger partial charge in [-0.15, -0.1) is 0 Å². The number of benzene rings is 2. The van der Waals surface area contributed by atoms with E-state index in [4.69, 9.17) is 4.74 Å². The Balaban J connectivity index is 0.000000240. The van der Waals surface area contributed by atoms with Gasteiger partial charge in [0.05, 0.1) is 11.7 Å². The fourth-order valence-electron chi connectivity index (χ4n) is 2.03. The third-order valence-electron chi connectivity index (χ3n) is 3.36. The van der Waals surface area contributed by atoms with Gasteiger partial charge >= 0.3 is 5.97 Å². The first-order valence-electron chi connectivity index (χ1n) is 8.25. The third kappa shape index (κ3) is 7.75. The molecule has 0 aliphatic carbocycles. The largest absolute Gasteiger partial charge is 0.458 e. The van der Waals surface area contributed by atoms with Crippen molar-refractivity contribution in [3.63, 3.8) is 0 Å². The predicted molar refractivity (Wildman–Crippen MR) is 97.8 cm³/mol. The first kappa shape index (κ1) is 19.7. The maximum atomic E-state index is 11.1. The van der Waals surface area contributed by atoms with Gasteiger partial charge in [0.1, 0.15) is 6.61 Å². The summed E-state index contributed by atoms with van der Waals surface area (Å²) in [6, 6.07) is 18.7. The van der Waals surface area contributed by atoms with Gasteiger partial charge < -0.3 is 9.84 Å². The summed E-state index contributed by atoms with van der Waals surface area (Å²) in [6.45, 7) is 5.84. The van der Waals surface area contributed by atoms with Crippen LogP contribution in [0.1, 0.15) is 48.2 Å². The van der Waals surface area contributed by atoms with Crippen molar-refractivity contribution in [3.8, 4) is 0 Å². The number of esters is 1. The molecule has 0 aliphatic heterocycles. The Morgan fingerprint density at radius 3 is 2.25 bits per heavy atom. The van der Waals surface area contributed by atoms with Crippen LogP contribution in [0.15, 0.2) is 73.3 Å². The minimum absolute atomic E-state index is 0.258. The third-order valence-corrected chi connectivity index (χ3v) is 3.36. The average Bonchev–Trinajstić information content (AvgIpc) is 2.66. The molecule has 0 saturated carbocycles. The molecule has 2 aromatic rings. The first-order chi connectivity index (χ1) is 11.7. The Bertz CT molecular complexity index is 579. The Kier molecular flexibility index (Phi) is 9.90. The SMILES string of the molecule is C=CCOC(=O)c1ccccc1.CCCCC(O)c1ccccc1. The highest BCUT2D eigenvalue weighted by atomic mass is 16.5. The lowest BCUT2D eigenvalue weighted by Crippen LogP contribution is -2.04. The molecular weight excluding hydrogens is 300 g/mol. The molecule has 2 rings (SSSR count). The molecule has 3 nitrogen and oxygen atoms in total. The van der Waals surface area contributed by atoms with Crippen molar-refractivity contribution in [2.75, 3.05) is 6.61 Å². The molecule has 0 radical (unpaired) electrons. The van der Waals surface area contributed by atoms with Crippen LogP contribution < -0.4 is 0 Å². The number of ether oxygens (including phenoxy) is 1. The Hall–Kier alpha value is -2.39. The molecule has 0 fully saturated rings. The summed E-state index contributed by atoms with van der Waals surface area (Å²) >= 11 is 0. The predicted octanol–water partition coefficient (Wildman–Crippen LogP) is 4.94. The van der Waals surface area contributed by atoms with E-state index < -0.39 is 0 Å². The van der Waals surface area contributed by atoms with E-state index in [2.05, 4.69) is 13.5 Å². The standard InChI is InChI=1S/C11H16O.C10H10O2/c1-2-3-9-11(12)10-7-5-4-6-8-10;1-2-8-12-10(11)9-6-4-3-5-7-9/h4-8,11-12H,2-3,9H2,1H3;2-7H,1,8H2. The molecule has 24 heavy (non-hydrogen) atoms. The monoisotopic (exact) mass is 326 g/mol. The van der Waals surface area contributed by atoms with E-state index in [9.17, 15) is 9.90 Å². The fraction of sp³-hybridized carbons (Fsp3) is 0.286. The summed E-state index contributed by atoms with van der Waals surface area (Å²) in [7, 11) is 0. The highest BCUT2D eigenvalue weighted by molar-refractivity contribution is 5.89. The quantitative estimate of drug-likeness (QED) is 0.579. The van der Waals surface area contributed by atoms with Crippen molar-refractivity contribution in [2.24, 2.45) is 0 Å². The molecule has 0 aliphatic rings. The average molecular weight is 326 g/mol. The van der Waals surface area contributed by atoms with Crippen molar-refractivity contribution >= 4 is 5.97 Å². The van der Waals surface area contributed by atoms with E-state index in [1.54, 1.807) is 30.3 Å². The van der Waals surface area contributed by atoms with Gasteiger partial charge in [-0.2, -0.15) is 0 Å². The second kappa shape index (κ2) is 12.1. The summed E-state index contributed by atoms with van der Waals surface area (Å²) in [5, 5.41) is 9.65. The van der Waals surface area contributed by atoms with Crippen LogP contribution in [0, 0.1) is 0 Å². The molecule has 0 heterocycles. The van der Waals surface area contributed by atoms with Gasteiger partial charge in [-0.1, -0.05) is 81.0 Å². The van der Waals surface area contributed by atoms with Gasteiger partial charge in [0.15, 0.2) is 0 Å². The van der Waals surface area contributed by atoms with Gasteiger partial charge in [-0.3, -0.25) is 0 Å². The fourth-order valence-corrected chi connectivity index (χ4v) is 2.03. The number of unbranched alkanes of at least 4 members (excludes halogenated alkanes) is 1. The van der Waals surface area contributed by atoms with E-state index in [1.807, 2.05) is 36.4 Å². The molecule has 2 aromatic carbocycles. The summed E-state index contributed by atoms with van der Waals surface area (Å²) in [6.07, 6.45) is 4.38. The zero-order valence-electron chi connectivity index (χ0n) is 14.2. The summed E-state index contributed by atoms with van der Waals surface area (Å²) in [5.41, 5.74) is 1.60. The summed E-state index contributed by atoms with van der Waals surface area (Å²) in [4.78, 5) is 11.1. The van der Waals surface area contributed by atoms with Crippen LogP contribution in [0.2, 0.25) is 0 Å². The minimum atomic E-state index is -0.310. The maximum Gasteiger partial charge on any atom is 0.338 e. The van der Waals surface area contributed by atoms with Gasteiger partial charge in [0.25, 0.3) is 0 Å². The van der Waals surface area contributed by atoms with Crippen LogP contribution in [0.5, 0.6) is 0 Å². The highest BCUT2D eigenvalue weighted by Crippen LogP contribution is 2.17. The number of hydrogen-bond donors (Lipinski definition) is 1. The number of carbonyl (C=O) groups excluding carboxylic acids is 1. The summed E-state index contributed by atoms with van der Waals surface area (Å²) in [5.74, 6) is -0.310. The molecule has 0 saturated heterocycles. The van der Waals surface area contributed by atoms with Crippen LogP contribution in [-0.4, -0.2) is 17.7 Å². The van der Waals surface area contributed by atoms with Gasteiger partial charge in [0, 0.05) is 0 Å². The second-order valence-corrected chi connectivity index (χ2v) is 5.32. The topological polar surface area (TPSA) is 46.5 Å². The van der Waals surface area contributed by atoms with E-state index in [-0.39, 0.29) is 18.7 Å². The second-order valence-electron chi connectivity index (χ2n) is 5.32. The van der Waals surface area contributed by atoms with E-state index in [1.165, 1.54) is 0 Å². The van der Waals surface area contributed by atoms with E-state index in [0.29, 0.717) is 5.56 Å². The van der Waals surface area contributed by atoms with E-state index in [0.717, 1.165) is 24.8 Å².